The monoisotopic (exact) mass is 204 g/mol. The van der Waals surface area contributed by atoms with Crippen LogP contribution in [0.1, 0.15) is 11.1 Å². The molecule has 0 atom stereocenters. The molecule has 1 aromatic carbocycles. The average Bonchev–Trinajstić information content (AvgIpc) is 2.18. The van der Waals surface area contributed by atoms with E-state index in [1.165, 1.54) is 6.21 Å². The fourth-order valence-corrected chi connectivity index (χ4v) is 0.911. The number of guanidine groups is 1. The van der Waals surface area contributed by atoms with Crippen molar-refractivity contribution in [1.29, 1.82) is 5.41 Å². The van der Waals surface area contributed by atoms with Crippen molar-refractivity contribution in [3.05, 3.63) is 35.4 Å². The number of nitrogens with two attached hydrogens (primary N) is 3. The highest BCUT2D eigenvalue weighted by molar-refractivity contribution is 5.95. The minimum Gasteiger partial charge on any atom is -0.384 e. The number of hydrogen-bond acceptors (Lipinski definition) is 3. The lowest BCUT2D eigenvalue weighted by atomic mass is 10.1. The topological polar surface area (TPSA) is 127 Å². The minimum atomic E-state index is -0.0911. The molecule has 0 saturated heterocycles. The molecule has 78 valence electrons. The van der Waals surface area contributed by atoms with Crippen LogP contribution < -0.4 is 17.2 Å². The minimum absolute atomic E-state index is 0.0303. The van der Waals surface area contributed by atoms with Crippen LogP contribution in [0.25, 0.3) is 0 Å². The fraction of sp³-hybridized carbons (Fsp3) is 0. The Morgan fingerprint density at radius 3 is 2.20 bits per heavy atom. The van der Waals surface area contributed by atoms with E-state index in [0.717, 1.165) is 5.56 Å². The second kappa shape index (κ2) is 4.75. The van der Waals surface area contributed by atoms with Gasteiger partial charge in [0, 0.05) is 5.56 Å². The third-order valence-corrected chi connectivity index (χ3v) is 1.60. The molecule has 6 nitrogen and oxygen atoms in total. The van der Waals surface area contributed by atoms with Crippen LogP contribution in [0.4, 0.5) is 0 Å². The maximum atomic E-state index is 7.19. The fourth-order valence-electron chi connectivity index (χ4n) is 0.911. The van der Waals surface area contributed by atoms with E-state index in [-0.39, 0.29) is 11.8 Å². The lowest BCUT2D eigenvalue weighted by Gasteiger charge is -1.97. The SMILES string of the molecule is N=C(N)c1ccc(/C=N/N=C(N)N)cc1. The molecule has 6 heteroatoms. The van der Waals surface area contributed by atoms with Crippen molar-refractivity contribution in [2.45, 2.75) is 0 Å². The summed E-state index contributed by atoms with van der Waals surface area (Å²) in [7, 11) is 0. The van der Waals surface area contributed by atoms with E-state index >= 15 is 0 Å². The predicted molar refractivity (Wildman–Crippen MR) is 60.9 cm³/mol. The number of rotatable bonds is 3. The maximum absolute atomic E-state index is 7.19. The highest BCUT2D eigenvalue weighted by Crippen LogP contribution is 2.01. The summed E-state index contributed by atoms with van der Waals surface area (Å²) in [6.45, 7) is 0. The molecule has 1 rings (SSSR count). The number of amidine groups is 1. The van der Waals surface area contributed by atoms with E-state index in [1.807, 2.05) is 0 Å². The molecule has 0 amide bonds. The van der Waals surface area contributed by atoms with Crippen molar-refractivity contribution in [3.63, 3.8) is 0 Å². The second-order valence-electron chi connectivity index (χ2n) is 2.81. The van der Waals surface area contributed by atoms with Gasteiger partial charge in [-0.3, -0.25) is 5.41 Å². The van der Waals surface area contributed by atoms with Crippen molar-refractivity contribution >= 4 is 18.0 Å². The third kappa shape index (κ3) is 3.47. The largest absolute Gasteiger partial charge is 0.384 e. The molecule has 0 radical (unpaired) electrons. The lowest BCUT2D eigenvalue weighted by Crippen LogP contribution is -2.21. The normalized spacial score (nSPS) is 10.1. The molecule has 7 N–H and O–H groups in total. The maximum Gasteiger partial charge on any atom is 0.211 e. The molecular weight excluding hydrogens is 192 g/mol. The molecule has 0 unspecified atom stereocenters. The van der Waals surface area contributed by atoms with Crippen molar-refractivity contribution in [1.82, 2.24) is 0 Å². The van der Waals surface area contributed by atoms with Crippen LogP contribution in [0.5, 0.6) is 0 Å². The van der Waals surface area contributed by atoms with Gasteiger partial charge in [0.05, 0.1) is 6.21 Å². The van der Waals surface area contributed by atoms with Gasteiger partial charge in [-0.25, -0.2) is 0 Å². The first-order valence-corrected chi connectivity index (χ1v) is 4.16. The van der Waals surface area contributed by atoms with Gasteiger partial charge in [-0.1, -0.05) is 24.3 Å². The second-order valence-corrected chi connectivity index (χ2v) is 2.81. The van der Waals surface area contributed by atoms with E-state index in [2.05, 4.69) is 10.2 Å². The van der Waals surface area contributed by atoms with E-state index < -0.39 is 0 Å². The van der Waals surface area contributed by atoms with Gasteiger partial charge >= 0.3 is 0 Å². The molecule has 0 fully saturated rings. The van der Waals surface area contributed by atoms with Gasteiger partial charge in [-0.05, 0) is 5.56 Å². The highest BCUT2D eigenvalue weighted by Gasteiger charge is 1.94. The van der Waals surface area contributed by atoms with Crippen molar-refractivity contribution in [2.24, 2.45) is 27.4 Å². The zero-order chi connectivity index (χ0) is 11.3. The third-order valence-electron chi connectivity index (χ3n) is 1.60. The van der Waals surface area contributed by atoms with Crippen LogP contribution >= 0.6 is 0 Å². The highest BCUT2D eigenvalue weighted by atomic mass is 15.3. The van der Waals surface area contributed by atoms with Gasteiger partial charge in [0.2, 0.25) is 5.96 Å². The van der Waals surface area contributed by atoms with Gasteiger partial charge < -0.3 is 17.2 Å². The summed E-state index contributed by atoms with van der Waals surface area (Å²) in [4.78, 5) is 0. The van der Waals surface area contributed by atoms with Crippen molar-refractivity contribution < 1.29 is 0 Å². The van der Waals surface area contributed by atoms with Crippen LogP contribution in [0, 0.1) is 5.41 Å². The van der Waals surface area contributed by atoms with Gasteiger partial charge in [0.15, 0.2) is 0 Å². The molecule has 0 aromatic heterocycles. The van der Waals surface area contributed by atoms with Crippen molar-refractivity contribution in [2.75, 3.05) is 0 Å². The van der Waals surface area contributed by atoms with Crippen LogP contribution in [-0.2, 0) is 0 Å². The molecule has 0 aliphatic rings. The number of nitrogen functional groups attached to an aromatic ring is 1. The standard InChI is InChI=1S/C9H12N6/c10-8(11)7-3-1-6(2-4-7)5-14-15-9(12)13/h1-5H,(H3,10,11)(H4,12,13,15)/b14-5+. The first kappa shape index (κ1) is 10.7. The predicted octanol–water partition coefficient (Wildman–Crippen LogP) is -0.422. The molecule has 0 aliphatic carbocycles. The summed E-state index contributed by atoms with van der Waals surface area (Å²) in [6, 6.07) is 6.98. The average molecular weight is 204 g/mol. The number of hydrogen-bond donors (Lipinski definition) is 4. The summed E-state index contributed by atoms with van der Waals surface area (Å²) >= 11 is 0. The molecule has 15 heavy (non-hydrogen) atoms. The molecule has 0 bridgehead atoms. The summed E-state index contributed by atoms with van der Waals surface area (Å²) in [5, 5.41) is 14.3. The zero-order valence-electron chi connectivity index (χ0n) is 8.01. The summed E-state index contributed by atoms with van der Waals surface area (Å²) in [5.41, 5.74) is 17.0. The Bertz CT molecular complexity index is 399. The Labute approximate surface area is 87.0 Å². The molecule has 0 aliphatic heterocycles. The Morgan fingerprint density at radius 1 is 1.13 bits per heavy atom. The smallest absolute Gasteiger partial charge is 0.211 e. The lowest BCUT2D eigenvalue weighted by molar-refractivity contribution is 1.21. The van der Waals surface area contributed by atoms with Crippen molar-refractivity contribution in [3.8, 4) is 0 Å². The number of nitrogens with one attached hydrogen (secondary N) is 1. The first-order chi connectivity index (χ1) is 7.09. The van der Waals surface area contributed by atoms with Gasteiger partial charge in [0.25, 0.3) is 0 Å². The number of nitrogens with zero attached hydrogens (tertiary/aromatic N) is 2. The van der Waals surface area contributed by atoms with Gasteiger partial charge in [-0.15, -0.1) is 5.10 Å². The Balaban J connectivity index is 2.77. The summed E-state index contributed by atoms with van der Waals surface area (Å²) in [6.07, 6.45) is 1.50. The van der Waals surface area contributed by atoms with Gasteiger partial charge in [0.1, 0.15) is 5.84 Å². The molecular formula is C9H12N6. The van der Waals surface area contributed by atoms with Crippen LogP contribution in [0.2, 0.25) is 0 Å². The molecule has 0 spiro atoms. The van der Waals surface area contributed by atoms with E-state index in [9.17, 15) is 0 Å². The molecule has 0 heterocycles. The van der Waals surface area contributed by atoms with E-state index in [4.69, 9.17) is 22.6 Å². The van der Waals surface area contributed by atoms with E-state index in [0.29, 0.717) is 5.56 Å². The first-order valence-electron chi connectivity index (χ1n) is 4.16. The summed E-state index contributed by atoms with van der Waals surface area (Å²) < 4.78 is 0. The Hall–Kier alpha value is -2.37. The number of benzene rings is 1. The molecule has 0 saturated carbocycles. The van der Waals surface area contributed by atoms with Gasteiger partial charge in [-0.2, -0.15) is 5.10 Å². The molecule has 1 aromatic rings. The van der Waals surface area contributed by atoms with Crippen LogP contribution in [0.15, 0.2) is 34.5 Å². The Morgan fingerprint density at radius 2 is 1.73 bits per heavy atom. The zero-order valence-corrected chi connectivity index (χ0v) is 8.01. The van der Waals surface area contributed by atoms with E-state index in [1.54, 1.807) is 24.3 Å². The summed E-state index contributed by atoms with van der Waals surface area (Å²) in [5.74, 6) is -0.0608. The van der Waals surface area contributed by atoms with Crippen LogP contribution in [0.3, 0.4) is 0 Å². The van der Waals surface area contributed by atoms with Crippen LogP contribution in [-0.4, -0.2) is 18.0 Å². The quantitative estimate of drug-likeness (QED) is 0.303. The Kier molecular flexibility index (Phi) is 3.39.